The third-order valence-corrected chi connectivity index (χ3v) is 3.89. The van der Waals surface area contributed by atoms with Crippen molar-refractivity contribution in [3.8, 4) is 5.75 Å². The molecule has 1 aromatic heterocycles. The van der Waals surface area contributed by atoms with Crippen molar-refractivity contribution in [1.82, 2.24) is 9.78 Å². The smallest absolute Gasteiger partial charge is 0.120 e. The zero-order chi connectivity index (χ0) is 13.9. The van der Waals surface area contributed by atoms with Crippen molar-refractivity contribution in [2.75, 3.05) is 0 Å². The molecule has 4 nitrogen and oxygen atoms in total. The molecule has 1 aliphatic carbocycles. The minimum Gasteiger partial charge on any atom is -0.489 e. The molecular weight excluding hydrogens is 250 g/mol. The predicted octanol–water partition coefficient (Wildman–Crippen LogP) is 2.82. The van der Waals surface area contributed by atoms with Crippen LogP contribution < -0.4 is 10.5 Å². The van der Waals surface area contributed by atoms with E-state index in [-0.39, 0.29) is 6.04 Å². The fourth-order valence-electron chi connectivity index (χ4n) is 2.72. The van der Waals surface area contributed by atoms with Crippen LogP contribution in [0.5, 0.6) is 5.75 Å². The lowest BCUT2D eigenvalue weighted by Crippen LogP contribution is -2.17. The zero-order valence-corrected chi connectivity index (χ0v) is 11.9. The van der Waals surface area contributed by atoms with Crippen LogP contribution in [0.2, 0.25) is 0 Å². The van der Waals surface area contributed by atoms with E-state index in [0.717, 1.165) is 30.7 Å². The van der Waals surface area contributed by atoms with E-state index in [4.69, 9.17) is 10.5 Å². The number of benzene rings is 1. The lowest BCUT2D eigenvalue weighted by Gasteiger charge is -2.22. The van der Waals surface area contributed by atoms with Gasteiger partial charge in [0.2, 0.25) is 0 Å². The molecule has 20 heavy (non-hydrogen) atoms. The molecule has 0 radical (unpaired) electrons. The Bertz CT molecular complexity index is 591. The molecule has 1 heterocycles. The Morgan fingerprint density at radius 2 is 2.35 bits per heavy atom. The number of hydrogen-bond acceptors (Lipinski definition) is 3. The van der Waals surface area contributed by atoms with Gasteiger partial charge in [-0.3, -0.25) is 4.68 Å². The van der Waals surface area contributed by atoms with E-state index in [2.05, 4.69) is 24.2 Å². The monoisotopic (exact) mass is 271 g/mol. The number of aromatic nitrogens is 2. The predicted molar refractivity (Wildman–Crippen MR) is 78.5 cm³/mol. The van der Waals surface area contributed by atoms with Gasteiger partial charge in [0, 0.05) is 24.3 Å². The van der Waals surface area contributed by atoms with E-state index < -0.39 is 0 Å². The number of aryl methyl sites for hydroxylation is 2. The molecule has 0 fully saturated rings. The number of hydrogen-bond donors (Lipinski definition) is 1. The molecule has 1 aliphatic rings. The van der Waals surface area contributed by atoms with Crippen LogP contribution in [0.3, 0.4) is 0 Å². The van der Waals surface area contributed by atoms with Gasteiger partial charge < -0.3 is 10.5 Å². The number of fused-ring (bicyclic) bond motifs is 1. The summed E-state index contributed by atoms with van der Waals surface area (Å²) >= 11 is 0. The van der Waals surface area contributed by atoms with Gasteiger partial charge in [-0.25, -0.2) is 0 Å². The van der Waals surface area contributed by atoms with E-state index >= 15 is 0 Å². The molecule has 1 aromatic carbocycles. The molecule has 0 aliphatic heterocycles. The van der Waals surface area contributed by atoms with E-state index in [0.29, 0.717) is 6.61 Å². The Hall–Kier alpha value is -1.81. The maximum Gasteiger partial charge on any atom is 0.120 e. The van der Waals surface area contributed by atoms with Gasteiger partial charge in [0.1, 0.15) is 12.4 Å². The van der Waals surface area contributed by atoms with Crippen molar-refractivity contribution in [1.29, 1.82) is 0 Å². The molecule has 1 atom stereocenters. The molecule has 0 amide bonds. The molecular formula is C16H21N3O. The van der Waals surface area contributed by atoms with Crippen molar-refractivity contribution < 1.29 is 4.74 Å². The molecule has 1 unspecified atom stereocenters. The Morgan fingerprint density at radius 1 is 1.45 bits per heavy atom. The highest BCUT2D eigenvalue weighted by atomic mass is 16.5. The average molecular weight is 271 g/mol. The minimum absolute atomic E-state index is 0.158. The molecule has 2 aromatic rings. The normalized spacial score (nSPS) is 17.8. The summed E-state index contributed by atoms with van der Waals surface area (Å²) in [6, 6.07) is 6.45. The highest BCUT2D eigenvalue weighted by Crippen LogP contribution is 2.31. The Morgan fingerprint density at radius 3 is 3.15 bits per heavy atom. The fraction of sp³-hybridized carbons (Fsp3) is 0.438. The van der Waals surface area contributed by atoms with Gasteiger partial charge in [0.05, 0.1) is 6.20 Å². The summed E-state index contributed by atoms with van der Waals surface area (Å²) in [5.41, 5.74) is 9.88. The van der Waals surface area contributed by atoms with E-state index in [1.54, 1.807) is 0 Å². The second-order valence-corrected chi connectivity index (χ2v) is 5.35. The quantitative estimate of drug-likeness (QED) is 0.930. The standard InChI is InChI=1S/C16H21N3O/c1-2-19-10-12(9-18-19)11-20-14-7-6-13-4-3-5-16(17)15(13)8-14/h6-10,16H,2-5,11,17H2,1H3. The first-order valence-electron chi connectivity index (χ1n) is 7.29. The summed E-state index contributed by atoms with van der Waals surface area (Å²) in [5.74, 6) is 0.894. The summed E-state index contributed by atoms with van der Waals surface area (Å²) < 4.78 is 7.76. The Kier molecular flexibility index (Phi) is 3.74. The molecule has 2 N–H and O–H groups in total. The summed E-state index contributed by atoms with van der Waals surface area (Å²) in [6.07, 6.45) is 7.26. The summed E-state index contributed by atoms with van der Waals surface area (Å²) in [5, 5.41) is 4.25. The Balaban J connectivity index is 1.70. The highest BCUT2D eigenvalue weighted by Gasteiger charge is 2.17. The van der Waals surface area contributed by atoms with Crippen molar-refractivity contribution in [2.45, 2.75) is 45.4 Å². The second kappa shape index (κ2) is 5.67. The summed E-state index contributed by atoms with van der Waals surface area (Å²) in [7, 11) is 0. The molecule has 4 heteroatoms. The van der Waals surface area contributed by atoms with Crippen LogP contribution in [0.4, 0.5) is 0 Å². The van der Waals surface area contributed by atoms with Gasteiger partial charge in [-0.15, -0.1) is 0 Å². The first-order chi connectivity index (χ1) is 9.76. The lowest BCUT2D eigenvalue weighted by atomic mass is 9.88. The van der Waals surface area contributed by atoms with Gasteiger partial charge in [-0.1, -0.05) is 6.07 Å². The molecule has 106 valence electrons. The topological polar surface area (TPSA) is 53.1 Å². The van der Waals surface area contributed by atoms with Crippen LogP contribution in [-0.2, 0) is 19.6 Å². The van der Waals surface area contributed by atoms with E-state index in [9.17, 15) is 0 Å². The van der Waals surface area contributed by atoms with Crippen LogP contribution in [0, 0.1) is 0 Å². The van der Waals surface area contributed by atoms with Crippen molar-refractivity contribution in [3.05, 3.63) is 47.3 Å². The molecule has 0 saturated carbocycles. The number of nitrogens with two attached hydrogens (primary N) is 1. The van der Waals surface area contributed by atoms with Crippen molar-refractivity contribution in [2.24, 2.45) is 5.73 Å². The SMILES string of the molecule is CCn1cc(COc2ccc3c(c2)C(N)CCC3)cn1. The third kappa shape index (κ3) is 2.70. The van der Waals surface area contributed by atoms with Crippen molar-refractivity contribution in [3.63, 3.8) is 0 Å². The molecule has 0 bridgehead atoms. The van der Waals surface area contributed by atoms with Crippen LogP contribution >= 0.6 is 0 Å². The molecule has 0 spiro atoms. The second-order valence-electron chi connectivity index (χ2n) is 5.35. The van der Waals surface area contributed by atoms with Gasteiger partial charge in [-0.05, 0) is 49.4 Å². The van der Waals surface area contributed by atoms with Crippen LogP contribution in [0.15, 0.2) is 30.6 Å². The summed E-state index contributed by atoms with van der Waals surface area (Å²) in [6.45, 7) is 3.50. The summed E-state index contributed by atoms with van der Waals surface area (Å²) in [4.78, 5) is 0. The lowest BCUT2D eigenvalue weighted by molar-refractivity contribution is 0.305. The average Bonchev–Trinajstić information content (AvgIpc) is 2.94. The van der Waals surface area contributed by atoms with E-state index in [1.165, 1.54) is 17.5 Å². The molecule has 3 rings (SSSR count). The Labute approximate surface area is 119 Å². The number of rotatable bonds is 4. The van der Waals surface area contributed by atoms with Gasteiger partial charge in [0.25, 0.3) is 0 Å². The van der Waals surface area contributed by atoms with Crippen LogP contribution in [0.1, 0.15) is 42.5 Å². The van der Waals surface area contributed by atoms with Gasteiger partial charge in [0.15, 0.2) is 0 Å². The zero-order valence-electron chi connectivity index (χ0n) is 11.9. The molecule has 0 saturated heterocycles. The fourth-order valence-corrected chi connectivity index (χ4v) is 2.72. The number of nitrogens with zero attached hydrogens (tertiary/aromatic N) is 2. The highest BCUT2D eigenvalue weighted by molar-refractivity contribution is 5.39. The van der Waals surface area contributed by atoms with Gasteiger partial charge >= 0.3 is 0 Å². The van der Waals surface area contributed by atoms with Crippen LogP contribution in [0.25, 0.3) is 0 Å². The minimum atomic E-state index is 0.158. The first-order valence-corrected chi connectivity index (χ1v) is 7.29. The maximum absolute atomic E-state index is 6.17. The maximum atomic E-state index is 6.17. The van der Waals surface area contributed by atoms with E-state index in [1.807, 2.05) is 23.1 Å². The largest absolute Gasteiger partial charge is 0.489 e. The number of ether oxygens (including phenoxy) is 1. The van der Waals surface area contributed by atoms with Crippen molar-refractivity contribution >= 4 is 0 Å². The first kappa shape index (κ1) is 13.2. The van der Waals surface area contributed by atoms with Crippen LogP contribution in [-0.4, -0.2) is 9.78 Å². The van der Waals surface area contributed by atoms with Gasteiger partial charge in [-0.2, -0.15) is 5.10 Å². The third-order valence-electron chi connectivity index (χ3n) is 3.89.